The van der Waals surface area contributed by atoms with Crippen molar-refractivity contribution < 1.29 is 13.2 Å². The molecule has 1 unspecified atom stereocenters. The van der Waals surface area contributed by atoms with E-state index >= 15 is 0 Å². The van der Waals surface area contributed by atoms with Crippen molar-refractivity contribution in [1.29, 1.82) is 0 Å². The highest BCUT2D eigenvalue weighted by atomic mass is 19.3. The van der Waals surface area contributed by atoms with Crippen LogP contribution in [-0.4, -0.2) is 0 Å². The summed E-state index contributed by atoms with van der Waals surface area (Å²) in [4.78, 5) is 0. The molecule has 0 aromatic heterocycles. The predicted molar refractivity (Wildman–Crippen MR) is 67.9 cm³/mol. The summed E-state index contributed by atoms with van der Waals surface area (Å²) in [6.07, 6.45) is 0.184. The Bertz CT molecular complexity index is 614. The molecule has 0 saturated heterocycles. The monoisotopic (exact) mass is 262 g/mol. The van der Waals surface area contributed by atoms with E-state index in [2.05, 4.69) is 0 Å². The van der Waals surface area contributed by atoms with Crippen molar-refractivity contribution in [2.75, 3.05) is 0 Å². The van der Waals surface area contributed by atoms with Gasteiger partial charge in [-0.3, -0.25) is 0 Å². The smallest absolute Gasteiger partial charge is 0.206 e. The van der Waals surface area contributed by atoms with Crippen molar-refractivity contribution in [2.45, 2.75) is 25.2 Å². The van der Waals surface area contributed by atoms with Gasteiger partial charge in [-0.2, -0.15) is 0 Å². The molecular formula is C16H13F3. The van der Waals surface area contributed by atoms with Crippen LogP contribution in [0.5, 0.6) is 0 Å². The van der Waals surface area contributed by atoms with E-state index in [4.69, 9.17) is 0 Å². The Labute approximate surface area is 109 Å². The van der Waals surface area contributed by atoms with Crippen molar-refractivity contribution in [3.8, 4) is 0 Å². The Morgan fingerprint density at radius 2 is 1.74 bits per heavy atom. The van der Waals surface area contributed by atoms with Crippen molar-refractivity contribution in [1.82, 2.24) is 0 Å². The van der Waals surface area contributed by atoms with Gasteiger partial charge in [0.25, 0.3) is 5.92 Å². The van der Waals surface area contributed by atoms with Crippen LogP contribution in [-0.2, 0) is 12.3 Å². The molecule has 3 heteroatoms. The number of fused-ring (bicyclic) bond motifs is 1. The second-order valence-electron chi connectivity index (χ2n) is 5.06. The molecule has 2 aromatic carbocycles. The molecule has 0 N–H and O–H groups in total. The largest absolute Gasteiger partial charge is 0.283 e. The summed E-state index contributed by atoms with van der Waals surface area (Å²) in [6.45, 7) is 1.91. The van der Waals surface area contributed by atoms with Gasteiger partial charge in [-0.1, -0.05) is 42.0 Å². The van der Waals surface area contributed by atoms with E-state index in [-0.39, 0.29) is 6.42 Å². The topological polar surface area (TPSA) is 0 Å². The van der Waals surface area contributed by atoms with Gasteiger partial charge in [0.15, 0.2) is 0 Å². The zero-order valence-electron chi connectivity index (χ0n) is 10.5. The molecule has 3 rings (SSSR count). The third kappa shape index (κ3) is 1.84. The van der Waals surface area contributed by atoms with Crippen LogP contribution in [0.3, 0.4) is 0 Å². The zero-order valence-corrected chi connectivity index (χ0v) is 10.5. The summed E-state index contributed by atoms with van der Waals surface area (Å²) in [5.41, 5.74) is 1.57. The van der Waals surface area contributed by atoms with Crippen LogP contribution in [0.4, 0.5) is 13.2 Å². The maximum atomic E-state index is 14.4. The van der Waals surface area contributed by atoms with E-state index in [0.29, 0.717) is 11.1 Å². The second-order valence-corrected chi connectivity index (χ2v) is 5.06. The number of hydrogen-bond donors (Lipinski definition) is 0. The number of alkyl halides is 2. The van der Waals surface area contributed by atoms with E-state index in [0.717, 1.165) is 11.6 Å². The Morgan fingerprint density at radius 3 is 2.37 bits per heavy atom. The maximum Gasteiger partial charge on any atom is 0.283 e. The predicted octanol–water partition coefficient (Wildman–Crippen LogP) is 4.57. The first-order valence-electron chi connectivity index (χ1n) is 6.22. The highest BCUT2D eigenvalue weighted by Gasteiger charge is 2.50. The fourth-order valence-corrected chi connectivity index (χ4v) is 2.76. The summed E-state index contributed by atoms with van der Waals surface area (Å²) < 4.78 is 42.5. The van der Waals surface area contributed by atoms with Crippen molar-refractivity contribution in [3.05, 3.63) is 70.5 Å². The highest BCUT2D eigenvalue weighted by molar-refractivity contribution is 5.43. The van der Waals surface area contributed by atoms with Crippen LogP contribution in [0.15, 0.2) is 42.5 Å². The molecule has 0 spiro atoms. The molecule has 0 saturated carbocycles. The molecule has 0 radical (unpaired) electrons. The summed E-state index contributed by atoms with van der Waals surface area (Å²) in [7, 11) is 0. The molecule has 19 heavy (non-hydrogen) atoms. The number of benzene rings is 2. The molecule has 1 aliphatic rings. The molecule has 0 bridgehead atoms. The minimum atomic E-state index is -3.14. The number of hydrogen-bond acceptors (Lipinski definition) is 0. The highest BCUT2D eigenvalue weighted by Crippen LogP contribution is 2.51. The molecular weight excluding hydrogens is 249 g/mol. The number of rotatable bonds is 1. The van der Waals surface area contributed by atoms with Crippen LogP contribution < -0.4 is 0 Å². The van der Waals surface area contributed by atoms with E-state index in [9.17, 15) is 13.2 Å². The fraction of sp³-hybridized carbons (Fsp3) is 0.250. The van der Waals surface area contributed by atoms with E-state index in [1.165, 1.54) is 6.07 Å². The molecule has 0 aliphatic heterocycles. The van der Waals surface area contributed by atoms with Gasteiger partial charge in [-0.25, -0.2) is 13.2 Å². The molecule has 1 aliphatic carbocycles. The lowest BCUT2D eigenvalue weighted by atomic mass is 9.92. The van der Waals surface area contributed by atoms with Crippen LogP contribution in [0.2, 0.25) is 0 Å². The first-order chi connectivity index (χ1) is 9.00. The average Bonchev–Trinajstić information content (AvgIpc) is 2.63. The lowest BCUT2D eigenvalue weighted by Crippen LogP contribution is -2.20. The molecule has 0 fully saturated rings. The van der Waals surface area contributed by atoms with Crippen molar-refractivity contribution >= 4 is 0 Å². The van der Waals surface area contributed by atoms with Gasteiger partial charge < -0.3 is 0 Å². The quantitative estimate of drug-likeness (QED) is 0.706. The standard InChI is InChI=1S/C16H13F3/c1-10-5-7-11(8-6-10)13-9-12-3-2-4-14(17)15(12)16(13,18)19/h2-8,13H,9H2,1H3. The molecule has 0 heterocycles. The maximum absolute atomic E-state index is 14.4. The minimum absolute atomic E-state index is 0.184. The third-order valence-electron chi connectivity index (χ3n) is 3.77. The Balaban J connectivity index is 2.08. The van der Waals surface area contributed by atoms with Gasteiger partial charge in [0, 0.05) is 0 Å². The molecule has 0 nitrogen and oxygen atoms in total. The summed E-state index contributed by atoms with van der Waals surface area (Å²) in [5.74, 6) is -4.92. The lowest BCUT2D eigenvalue weighted by molar-refractivity contribution is -0.0250. The van der Waals surface area contributed by atoms with Gasteiger partial charge >= 0.3 is 0 Å². The summed E-state index contributed by atoms with van der Waals surface area (Å²) >= 11 is 0. The Hall–Kier alpha value is -1.77. The number of aryl methyl sites for hydroxylation is 1. The Kier molecular flexibility index (Phi) is 2.66. The lowest BCUT2D eigenvalue weighted by Gasteiger charge is -2.20. The van der Waals surface area contributed by atoms with Crippen LogP contribution in [0.1, 0.15) is 28.2 Å². The van der Waals surface area contributed by atoms with Gasteiger partial charge in [0.05, 0.1) is 11.5 Å². The average molecular weight is 262 g/mol. The SMILES string of the molecule is Cc1ccc(C2Cc3cccc(F)c3C2(F)F)cc1. The first-order valence-corrected chi connectivity index (χ1v) is 6.22. The van der Waals surface area contributed by atoms with Crippen LogP contribution in [0, 0.1) is 12.7 Å². The first kappa shape index (κ1) is 12.3. The second kappa shape index (κ2) is 4.12. The Morgan fingerprint density at radius 1 is 1.05 bits per heavy atom. The molecule has 2 aromatic rings. The van der Waals surface area contributed by atoms with Gasteiger partial charge in [-0.15, -0.1) is 0 Å². The van der Waals surface area contributed by atoms with Crippen molar-refractivity contribution in [3.63, 3.8) is 0 Å². The normalized spacial score (nSPS) is 20.3. The van der Waals surface area contributed by atoms with Gasteiger partial charge in [-0.05, 0) is 30.5 Å². The van der Waals surface area contributed by atoms with E-state index in [1.54, 1.807) is 18.2 Å². The van der Waals surface area contributed by atoms with Gasteiger partial charge in [0.1, 0.15) is 5.82 Å². The van der Waals surface area contributed by atoms with E-state index in [1.807, 2.05) is 19.1 Å². The minimum Gasteiger partial charge on any atom is -0.206 e. The van der Waals surface area contributed by atoms with Gasteiger partial charge in [0.2, 0.25) is 0 Å². The molecule has 1 atom stereocenters. The molecule has 0 amide bonds. The summed E-state index contributed by atoms with van der Waals surface area (Å²) in [6, 6.07) is 11.2. The fourth-order valence-electron chi connectivity index (χ4n) is 2.76. The van der Waals surface area contributed by atoms with Crippen molar-refractivity contribution in [2.24, 2.45) is 0 Å². The molecule has 98 valence electrons. The third-order valence-corrected chi connectivity index (χ3v) is 3.77. The van der Waals surface area contributed by atoms with E-state index < -0.39 is 23.2 Å². The van der Waals surface area contributed by atoms with Crippen LogP contribution >= 0.6 is 0 Å². The summed E-state index contributed by atoms with van der Waals surface area (Å²) in [5, 5.41) is 0. The number of halogens is 3. The van der Waals surface area contributed by atoms with Crippen LogP contribution in [0.25, 0.3) is 0 Å². The zero-order chi connectivity index (χ0) is 13.6.